The summed E-state index contributed by atoms with van der Waals surface area (Å²) in [5, 5.41) is 11.0. The van der Waals surface area contributed by atoms with E-state index in [-0.39, 0.29) is 18.7 Å². The Kier molecular flexibility index (Phi) is 5.37. The highest BCUT2D eigenvalue weighted by atomic mass is 35.5. The van der Waals surface area contributed by atoms with Gasteiger partial charge in [-0.05, 0) is 39.6 Å². The van der Waals surface area contributed by atoms with Crippen LogP contribution in [0.3, 0.4) is 0 Å². The Morgan fingerprint density at radius 1 is 1.04 bits per heavy atom. The average molecular weight is 395 g/mol. The lowest BCUT2D eigenvalue weighted by molar-refractivity contribution is -0.384. The molecule has 0 amide bonds. The van der Waals surface area contributed by atoms with Gasteiger partial charge in [0.15, 0.2) is 11.0 Å². The highest BCUT2D eigenvalue weighted by Gasteiger charge is 2.29. The summed E-state index contributed by atoms with van der Waals surface area (Å²) in [5.74, 6) is 0. The minimum Gasteiger partial charge on any atom is -0.258 e. The largest absolute Gasteiger partial charge is 0.269 e. The number of rotatable bonds is 5. The number of nitrogens with zero attached hydrogens (tertiary/aromatic N) is 2. The lowest BCUT2D eigenvalue weighted by Crippen LogP contribution is -2.24. The molecule has 2 rings (SSSR count). The van der Waals surface area contributed by atoms with E-state index in [0.29, 0.717) is 5.02 Å². The third kappa shape index (κ3) is 3.88. The molecule has 0 heterocycles. The van der Waals surface area contributed by atoms with E-state index in [1.165, 1.54) is 24.3 Å². The quantitative estimate of drug-likeness (QED) is 0.440. The summed E-state index contributed by atoms with van der Waals surface area (Å²) in [6.07, 6.45) is 0. The van der Waals surface area contributed by atoms with Crippen LogP contribution in [0.25, 0.3) is 0 Å². The van der Waals surface area contributed by atoms with Crippen molar-refractivity contribution in [1.29, 1.82) is 0 Å². The topological polar surface area (TPSA) is 97.6 Å². The Labute approximate surface area is 144 Å². The molecular formula is C12H8Cl2N2O5S2. The normalized spacial score (nSPS) is 13.0. The Balaban J connectivity index is 2.32. The molecule has 0 spiro atoms. The summed E-state index contributed by atoms with van der Waals surface area (Å²) in [4.78, 5) is 9.73. The van der Waals surface area contributed by atoms with Gasteiger partial charge in [0.1, 0.15) is 0 Å². The Hall–Kier alpha value is -1.52. The van der Waals surface area contributed by atoms with E-state index in [1.54, 1.807) is 0 Å². The minimum atomic E-state index is -4.30. The van der Waals surface area contributed by atoms with Gasteiger partial charge in [-0.15, -0.1) is 0 Å². The maximum Gasteiger partial charge on any atom is 0.269 e. The number of non-ortho nitro benzene ring substituents is 1. The van der Waals surface area contributed by atoms with Gasteiger partial charge in [-0.3, -0.25) is 10.1 Å². The second-order valence-electron chi connectivity index (χ2n) is 4.14. The van der Waals surface area contributed by atoms with Gasteiger partial charge in [-0.1, -0.05) is 11.6 Å². The van der Waals surface area contributed by atoms with E-state index < -0.39 is 25.9 Å². The summed E-state index contributed by atoms with van der Waals surface area (Å²) in [5.41, 5.74) is -0.274. The molecule has 0 bridgehead atoms. The van der Waals surface area contributed by atoms with E-state index in [4.69, 9.17) is 23.4 Å². The molecule has 7 nitrogen and oxygen atoms in total. The third-order valence-corrected chi connectivity index (χ3v) is 7.03. The molecule has 2 aromatic rings. The number of nitro benzene ring substituents is 1. The maximum atomic E-state index is 12.3. The van der Waals surface area contributed by atoms with Crippen molar-refractivity contribution in [2.75, 3.05) is 0 Å². The van der Waals surface area contributed by atoms with Crippen LogP contribution in [0.15, 0.2) is 58.3 Å². The van der Waals surface area contributed by atoms with Crippen molar-refractivity contribution in [2.24, 2.45) is 0 Å². The average Bonchev–Trinajstić information content (AvgIpc) is 2.54. The van der Waals surface area contributed by atoms with Crippen LogP contribution in [0.4, 0.5) is 5.69 Å². The smallest absolute Gasteiger partial charge is 0.258 e. The summed E-state index contributed by atoms with van der Waals surface area (Å²) in [7, 11) is -6.50. The highest BCUT2D eigenvalue weighted by molar-refractivity contribution is 8.02. The molecule has 11 heteroatoms. The first-order valence-corrected chi connectivity index (χ1v) is 9.13. The Bertz CT molecular complexity index is 854. The molecule has 0 fully saturated rings. The van der Waals surface area contributed by atoms with Crippen LogP contribution in [0.2, 0.25) is 5.02 Å². The predicted octanol–water partition coefficient (Wildman–Crippen LogP) is 3.12. The van der Waals surface area contributed by atoms with Crippen molar-refractivity contribution < 1.29 is 17.6 Å². The SMILES string of the molecule is O=[N+]([O-])c1ccc(S(=O)(=O)N(Cl)S(=O)c2ccc(Cl)cc2)cc1. The first kappa shape index (κ1) is 17.8. The van der Waals surface area contributed by atoms with Crippen LogP contribution in [-0.4, -0.2) is 20.8 Å². The fraction of sp³-hybridized carbons (Fsp3) is 0. The number of benzene rings is 2. The van der Waals surface area contributed by atoms with Gasteiger partial charge in [0, 0.05) is 28.9 Å². The molecule has 0 aliphatic heterocycles. The molecule has 23 heavy (non-hydrogen) atoms. The van der Waals surface area contributed by atoms with E-state index >= 15 is 0 Å². The van der Waals surface area contributed by atoms with Gasteiger partial charge in [-0.25, -0.2) is 12.6 Å². The second-order valence-corrected chi connectivity index (χ2v) is 8.67. The molecule has 0 aromatic heterocycles. The molecule has 122 valence electrons. The number of hydrogen-bond acceptors (Lipinski definition) is 5. The van der Waals surface area contributed by atoms with Gasteiger partial charge >= 0.3 is 0 Å². The first-order chi connectivity index (χ1) is 10.7. The van der Waals surface area contributed by atoms with Crippen LogP contribution in [0.5, 0.6) is 0 Å². The fourth-order valence-electron chi connectivity index (χ4n) is 1.55. The number of nitro groups is 1. The number of halogens is 2. The van der Waals surface area contributed by atoms with Crippen LogP contribution in [0, 0.1) is 10.1 Å². The van der Waals surface area contributed by atoms with Crippen molar-refractivity contribution in [3.05, 3.63) is 63.7 Å². The van der Waals surface area contributed by atoms with Gasteiger partial charge in [0.2, 0.25) is 0 Å². The zero-order chi connectivity index (χ0) is 17.2. The first-order valence-electron chi connectivity index (χ1n) is 5.86. The van der Waals surface area contributed by atoms with E-state index in [0.717, 1.165) is 24.3 Å². The Morgan fingerprint density at radius 2 is 1.57 bits per heavy atom. The van der Waals surface area contributed by atoms with Crippen LogP contribution >= 0.6 is 23.4 Å². The molecule has 2 aromatic carbocycles. The zero-order valence-electron chi connectivity index (χ0n) is 11.1. The fourth-order valence-corrected chi connectivity index (χ4v) is 4.56. The molecule has 0 N–H and O–H groups in total. The minimum absolute atomic E-state index is 0.134. The number of sulfonamides is 1. The molecule has 1 unspecified atom stereocenters. The lowest BCUT2D eigenvalue weighted by Gasteiger charge is -2.13. The van der Waals surface area contributed by atoms with Crippen molar-refractivity contribution >= 4 is 50.1 Å². The van der Waals surface area contributed by atoms with Crippen molar-refractivity contribution in [3.8, 4) is 0 Å². The molecule has 1 atom stereocenters. The van der Waals surface area contributed by atoms with Crippen molar-refractivity contribution in [1.82, 2.24) is 3.23 Å². The maximum absolute atomic E-state index is 12.3. The van der Waals surface area contributed by atoms with Crippen LogP contribution in [0.1, 0.15) is 0 Å². The van der Waals surface area contributed by atoms with Gasteiger partial charge in [0.05, 0.1) is 14.7 Å². The highest BCUT2D eigenvalue weighted by Crippen LogP contribution is 2.25. The van der Waals surface area contributed by atoms with E-state index in [2.05, 4.69) is 0 Å². The third-order valence-electron chi connectivity index (χ3n) is 2.68. The standard InChI is InChI=1S/C12H8Cl2N2O5S2/c13-9-1-5-11(6-2-9)22(19)16(14)23(20,21)12-7-3-10(4-8-12)15(17)18/h1-8H. The van der Waals surface area contributed by atoms with E-state index in [9.17, 15) is 22.7 Å². The molecule has 0 aliphatic carbocycles. The monoisotopic (exact) mass is 394 g/mol. The summed E-state index contributed by atoms with van der Waals surface area (Å²) in [6, 6.07) is 9.70. The van der Waals surface area contributed by atoms with Gasteiger partial charge in [0.25, 0.3) is 15.7 Å². The number of hydrogen-bond donors (Lipinski definition) is 0. The summed E-state index contributed by atoms with van der Waals surface area (Å²) < 4.78 is 37.0. The van der Waals surface area contributed by atoms with Crippen molar-refractivity contribution in [2.45, 2.75) is 9.79 Å². The summed E-state index contributed by atoms with van der Waals surface area (Å²) in [6.45, 7) is 0. The lowest BCUT2D eigenvalue weighted by atomic mass is 10.3. The molecule has 0 saturated heterocycles. The van der Waals surface area contributed by atoms with E-state index in [1.807, 2.05) is 0 Å². The molecule has 0 aliphatic rings. The van der Waals surface area contributed by atoms with Crippen LogP contribution < -0.4 is 0 Å². The molecular weight excluding hydrogens is 387 g/mol. The molecule has 0 saturated carbocycles. The van der Waals surface area contributed by atoms with Gasteiger partial charge in [-0.2, -0.15) is 0 Å². The van der Waals surface area contributed by atoms with Crippen molar-refractivity contribution in [3.63, 3.8) is 0 Å². The summed E-state index contributed by atoms with van der Waals surface area (Å²) >= 11 is 11.4. The zero-order valence-corrected chi connectivity index (χ0v) is 14.3. The second kappa shape index (κ2) is 6.93. The van der Waals surface area contributed by atoms with Gasteiger partial charge < -0.3 is 0 Å². The predicted molar refractivity (Wildman–Crippen MR) is 85.8 cm³/mol. The molecule has 0 radical (unpaired) electrons. The van der Waals surface area contributed by atoms with Crippen LogP contribution in [-0.2, 0) is 21.0 Å². The Morgan fingerprint density at radius 3 is 2.04 bits per heavy atom.